The van der Waals surface area contributed by atoms with Crippen LogP contribution >= 0.6 is 0 Å². The highest BCUT2D eigenvalue weighted by Crippen LogP contribution is 2.23. The summed E-state index contributed by atoms with van der Waals surface area (Å²) in [6, 6.07) is 6.38. The minimum absolute atomic E-state index is 0.0879. The second-order valence-corrected chi connectivity index (χ2v) is 3.14. The lowest BCUT2D eigenvalue weighted by Gasteiger charge is -2.10. The van der Waals surface area contributed by atoms with Gasteiger partial charge in [0.05, 0.1) is 12.3 Å². The number of nitrogens with two attached hydrogens (primary N) is 1. The number of benzene rings is 1. The number of hydrogen-bond acceptors (Lipinski definition) is 2. The van der Waals surface area contributed by atoms with Crippen molar-refractivity contribution in [1.82, 2.24) is 0 Å². The average Bonchev–Trinajstić information content (AvgIpc) is 2.74. The molecule has 1 heterocycles. The first-order valence-electron chi connectivity index (χ1n) is 4.43. The summed E-state index contributed by atoms with van der Waals surface area (Å²) < 4.78 is 31.3. The zero-order chi connectivity index (χ0) is 10.8. The van der Waals surface area contributed by atoms with Crippen LogP contribution in [0, 0.1) is 11.6 Å². The van der Waals surface area contributed by atoms with Crippen molar-refractivity contribution in [2.45, 2.75) is 6.04 Å². The molecule has 1 aromatic carbocycles. The van der Waals surface area contributed by atoms with Gasteiger partial charge in [-0.15, -0.1) is 0 Å². The van der Waals surface area contributed by atoms with E-state index in [-0.39, 0.29) is 5.56 Å². The molecule has 0 aliphatic carbocycles. The minimum Gasteiger partial charge on any atom is -0.467 e. The molecule has 0 fully saturated rings. The average molecular weight is 209 g/mol. The molecule has 0 bridgehead atoms. The first-order valence-corrected chi connectivity index (χ1v) is 4.43. The van der Waals surface area contributed by atoms with Crippen LogP contribution in [0.4, 0.5) is 8.78 Å². The van der Waals surface area contributed by atoms with Crippen LogP contribution in [0.1, 0.15) is 17.4 Å². The summed E-state index contributed by atoms with van der Waals surface area (Å²) in [4.78, 5) is 0. The van der Waals surface area contributed by atoms with Crippen molar-refractivity contribution in [3.63, 3.8) is 0 Å². The van der Waals surface area contributed by atoms with E-state index in [1.165, 1.54) is 18.4 Å². The predicted molar refractivity (Wildman–Crippen MR) is 51.1 cm³/mol. The third-order valence-electron chi connectivity index (χ3n) is 2.17. The van der Waals surface area contributed by atoms with Crippen LogP contribution in [0.5, 0.6) is 0 Å². The summed E-state index contributed by atoms with van der Waals surface area (Å²) in [6.45, 7) is 0. The van der Waals surface area contributed by atoms with Crippen molar-refractivity contribution >= 4 is 0 Å². The van der Waals surface area contributed by atoms with E-state index in [1.54, 1.807) is 12.1 Å². The van der Waals surface area contributed by atoms with Crippen molar-refractivity contribution in [3.8, 4) is 0 Å². The third kappa shape index (κ3) is 1.76. The van der Waals surface area contributed by atoms with E-state index in [4.69, 9.17) is 10.2 Å². The molecule has 2 aromatic rings. The molecule has 2 N–H and O–H groups in total. The van der Waals surface area contributed by atoms with E-state index in [1.807, 2.05) is 0 Å². The van der Waals surface area contributed by atoms with Gasteiger partial charge in [0, 0.05) is 5.56 Å². The first-order chi connectivity index (χ1) is 7.20. The highest BCUT2D eigenvalue weighted by atomic mass is 19.2. The second-order valence-electron chi connectivity index (χ2n) is 3.14. The summed E-state index contributed by atoms with van der Waals surface area (Å²) >= 11 is 0. The normalized spacial score (nSPS) is 12.7. The highest BCUT2D eigenvalue weighted by Gasteiger charge is 2.17. The standard InChI is InChI=1S/C11H9F2NO/c12-8-4-1-3-7(10(8)13)11(14)9-5-2-6-15-9/h1-6,11H,14H2. The van der Waals surface area contributed by atoms with Gasteiger partial charge in [0.15, 0.2) is 11.6 Å². The Balaban J connectivity index is 2.42. The topological polar surface area (TPSA) is 39.2 Å². The number of hydrogen-bond donors (Lipinski definition) is 1. The van der Waals surface area contributed by atoms with Crippen molar-refractivity contribution < 1.29 is 13.2 Å². The molecule has 4 heteroatoms. The minimum atomic E-state index is -0.929. The Kier molecular flexibility index (Phi) is 2.51. The van der Waals surface area contributed by atoms with Gasteiger partial charge in [-0.25, -0.2) is 8.78 Å². The zero-order valence-electron chi connectivity index (χ0n) is 7.78. The van der Waals surface area contributed by atoms with Crippen molar-refractivity contribution in [1.29, 1.82) is 0 Å². The Bertz CT molecular complexity index is 454. The van der Waals surface area contributed by atoms with Gasteiger partial charge in [0.25, 0.3) is 0 Å². The van der Waals surface area contributed by atoms with E-state index in [0.29, 0.717) is 5.76 Å². The molecule has 1 atom stereocenters. The van der Waals surface area contributed by atoms with E-state index >= 15 is 0 Å². The molecule has 0 aliphatic rings. The van der Waals surface area contributed by atoms with Crippen LogP contribution < -0.4 is 5.73 Å². The van der Waals surface area contributed by atoms with Crippen molar-refractivity contribution in [2.75, 3.05) is 0 Å². The fourth-order valence-corrected chi connectivity index (χ4v) is 1.38. The lowest BCUT2D eigenvalue weighted by atomic mass is 10.0. The van der Waals surface area contributed by atoms with Gasteiger partial charge in [-0.3, -0.25) is 0 Å². The van der Waals surface area contributed by atoms with Gasteiger partial charge in [0.1, 0.15) is 5.76 Å². The van der Waals surface area contributed by atoms with Gasteiger partial charge >= 0.3 is 0 Å². The number of furan rings is 1. The maximum absolute atomic E-state index is 13.3. The molecule has 78 valence electrons. The molecule has 0 amide bonds. The lowest BCUT2D eigenvalue weighted by molar-refractivity contribution is 0.462. The van der Waals surface area contributed by atoms with Gasteiger partial charge in [-0.05, 0) is 18.2 Å². The maximum atomic E-state index is 13.3. The fraction of sp³-hybridized carbons (Fsp3) is 0.0909. The quantitative estimate of drug-likeness (QED) is 0.825. The van der Waals surface area contributed by atoms with Crippen LogP contribution in [-0.4, -0.2) is 0 Å². The zero-order valence-corrected chi connectivity index (χ0v) is 7.78. The molecular weight excluding hydrogens is 200 g/mol. The van der Waals surface area contributed by atoms with Crippen LogP contribution in [0.2, 0.25) is 0 Å². The number of rotatable bonds is 2. The molecule has 1 aromatic heterocycles. The Hall–Kier alpha value is -1.68. The lowest BCUT2D eigenvalue weighted by Crippen LogP contribution is -2.13. The fourth-order valence-electron chi connectivity index (χ4n) is 1.38. The Morgan fingerprint density at radius 3 is 2.60 bits per heavy atom. The Morgan fingerprint density at radius 1 is 1.13 bits per heavy atom. The summed E-state index contributed by atoms with van der Waals surface area (Å²) in [6.07, 6.45) is 1.44. The van der Waals surface area contributed by atoms with Crippen LogP contribution in [-0.2, 0) is 0 Å². The Labute approximate surface area is 85.3 Å². The molecule has 2 rings (SSSR count). The van der Waals surface area contributed by atoms with E-state index in [2.05, 4.69) is 0 Å². The van der Waals surface area contributed by atoms with Gasteiger partial charge in [-0.1, -0.05) is 12.1 Å². The largest absolute Gasteiger partial charge is 0.467 e. The SMILES string of the molecule is NC(c1ccco1)c1cccc(F)c1F. The second kappa shape index (κ2) is 3.82. The van der Waals surface area contributed by atoms with E-state index < -0.39 is 17.7 Å². The maximum Gasteiger partial charge on any atom is 0.164 e. The Morgan fingerprint density at radius 2 is 1.93 bits per heavy atom. The van der Waals surface area contributed by atoms with Gasteiger partial charge in [0.2, 0.25) is 0 Å². The van der Waals surface area contributed by atoms with Crippen LogP contribution in [0.25, 0.3) is 0 Å². The highest BCUT2D eigenvalue weighted by molar-refractivity contribution is 5.28. The molecule has 0 spiro atoms. The first kappa shape index (κ1) is 9.86. The third-order valence-corrected chi connectivity index (χ3v) is 2.17. The van der Waals surface area contributed by atoms with Gasteiger partial charge in [-0.2, -0.15) is 0 Å². The van der Waals surface area contributed by atoms with Crippen LogP contribution in [0.15, 0.2) is 41.0 Å². The van der Waals surface area contributed by atoms with Crippen LogP contribution in [0.3, 0.4) is 0 Å². The van der Waals surface area contributed by atoms with Gasteiger partial charge < -0.3 is 10.2 Å². The molecule has 1 unspecified atom stereocenters. The molecule has 0 aliphatic heterocycles. The molecule has 0 saturated heterocycles. The van der Waals surface area contributed by atoms with Crippen molar-refractivity contribution in [3.05, 3.63) is 59.6 Å². The summed E-state index contributed by atoms with van der Waals surface area (Å²) in [5.74, 6) is -1.43. The summed E-state index contributed by atoms with van der Waals surface area (Å²) in [5, 5.41) is 0. The number of halogens is 2. The van der Waals surface area contributed by atoms with E-state index in [0.717, 1.165) is 6.07 Å². The molecular formula is C11H9F2NO. The van der Waals surface area contributed by atoms with Crippen molar-refractivity contribution in [2.24, 2.45) is 5.73 Å². The molecule has 2 nitrogen and oxygen atoms in total. The predicted octanol–water partition coefficient (Wildman–Crippen LogP) is 2.61. The van der Waals surface area contributed by atoms with E-state index in [9.17, 15) is 8.78 Å². The molecule has 0 saturated carbocycles. The molecule has 0 radical (unpaired) electrons. The molecule has 15 heavy (non-hydrogen) atoms. The summed E-state index contributed by atoms with van der Waals surface area (Å²) in [5.41, 5.74) is 5.82. The summed E-state index contributed by atoms with van der Waals surface area (Å²) in [7, 11) is 0. The monoisotopic (exact) mass is 209 g/mol. The smallest absolute Gasteiger partial charge is 0.164 e.